The van der Waals surface area contributed by atoms with E-state index in [2.05, 4.69) is 10.3 Å². The van der Waals surface area contributed by atoms with Crippen LogP contribution in [-0.2, 0) is 4.79 Å². The standard InChI is InChI=1S/C10H14ClN3OS/c1-7(9(15)14-4-2-3-5-14)12-10-13-8(11)6-16-10/h6-7H,2-5H2,1H3,(H,12,13). The van der Waals surface area contributed by atoms with Crippen molar-refractivity contribution in [1.82, 2.24) is 9.88 Å². The largest absolute Gasteiger partial charge is 0.350 e. The first-order valence-corrected chi connectivity index (χ1v) is 6.59. The van der Waals surface area contributed by atoms with E-state index >= 15 is 0 Å². The summed E-state index contributed by atoms with van der Waals surface area (Å²) in [5.41, 5.74) is 0. The van der Waals surface area contributed by atoms with Crippen molar-refractivity contribution in [2.45, 2.75) is 25.8 Å². The van der Waals surface area contributed by atoms with Gasteiger partial charge in [0.1, 0.15) is 11.2 Å². The van der Waals surface area contributed by atoms with E-state index in [0.29, 0.717) is 10.3 Å². The number of amides is 1. The van der Waals surface area contributed by atoms with Crippen LogP contribution in [0.1, 0.15) is 19.8 Å². The van der Waals surface area contributed by atoms with Crippen molar-refractivity contribution in [3.63, 3.8) is 0 Å². The Morgan fingerprint density at radius 3 is 2.88 bits per heavy atom. The zero-order valence-electron chi connectivity index (χ0n) is 9.07. The number of nitrogens with zero attached hydrogens (tertiary/aromatic N) is 2. The summed E-state index contributed by atoms with van der Waals surface area (Å²) in [5.74, 6) is 0.142. The maximum Gasteiger partial charge on any atom is 0.244 e. The number of halogens is 1. The number of carbonyl (C=O) groups excluding carboxylic acids is 1. The van der Waals surface area contributed by atoms with E-state index in [1.807, 2.05) is 11.8 Å². The fourth-order valence-electron chi connectivity index (χ4n) is 1.78. The molecule has 1 fully saturated rings. The smallest absolute Gasteiger partial charge is 0.244 e. The summed E-state index contributed by atoms with van der Waals surface area (Å²) < 4.78 is 0. The highest BCUT2D eigenvalue weighted by Crippen LogP contribution is 2.20. The molecule has 1 N–H and O–H groups in total. The lowest BCUT2D eigenvalue weighted by atomic mass is 10.3. The van der Waals surface area contributed by atoms with Crippen LogP contribution in [0.4, 0.5) is 5.13 Å². The summed E-state index contributed by atoms with van der Waals surface area (Å²) >= 11 is 7.13. The molecule has 1 aromatic rings. The summed E-state index contributed by atoms with van der Waals surface area (Å²) in [6, 6.07) is -0.236. The molecule has 6 heteroatoms. The molecule has 0 aliphatic carbocycles. The van der Waals surface area contributed by atoms with E-state index < -0.39 is 0 Å². The van der Waals surface area contributed by atoms with Crippen LogP contribution >= 0.6 is 22.9 Å². The molecule has 16 heavy (non-hydrogen) atoms. The van der Waals surface area contributed by atoms with Crippen LogP contribution in [0.5, 0.6) is 0 Å². The maximum atomic E-state index is 12.0. The van der Waals surface area contributed by atoms with Crippen molar-refractivity contribution in [2.75, 3.05) is 18.4 Å². The van der Waals surface area contributed by atoms with Gasteiger partial charge in [-0.2, -0.15) is 0 Å². The molecule has 88 valence electrons. The Bertz CT molecular complexity index is 376. The Labute approximate surface area is 104 Å². The van der Waals surface area contributed by atoms with E-state index in [0.717, 1.165) is 25.9 Å². The van der Waals surface area contributed by atoms with Gasteiger partial charge in [0.2, 0.25) is 5.91 Å². The molecule has 0 spiro atoms. The van der Waals surface area contributed by atoms with Crippen molar-refractivity contribution < 1.29 is 4.79 Å². The van der Waals surface area contributed by atoms with Gasteiger partial charge in [0.25, 0.3) is 0 Å². The average molecular weight is 260 g/mol. The number of hydrogen-bond donors (Lipinski definition) is 1. The Kier molecular flexibility index (Phi) is 3.66. The van der Waals surface area contributed by atoms with E-state index in [-0.39, 0.29) is 11.9 Å². The summed E-state index contributed by atoms with van der Waals surface area (Å²) in [6.07, 6.45) is 2.23. The van der Waals surface area contributed by atoms with Crippen LogP contribution in [-0.4, -0.2) is 34.9 Å². The first-order valence-electron chi connectivity index (χ1n) is 5.33. The number of rotatable bonds is 3. The minimum Gasteiger partial charge on any atom is -0.350 e. The lowest BCUT2D eigenvalue weighted by molar-refractivity contribution is -0.130. The monoisotopic (exact) mass is 259 g/mol. The molecule has 1 atom stereocenters. The number of hydrogen-bond acceptors (Lipinski definition) is 4. The van der Waals surface area contributed by atoms with Gasteiger partial charge in [-0.1, -0.05) is 11.6 Å². The van der Waals surface area contributed by atoms with Gasteiger partial charge in [-0.25, -0.2) is 4.98 Å². The third kappa shape index (κ3) is 2.65. The van der Waals surface area contributed by atoms with Crippen LogP contribution in [0.15, 0.2) is 5.38 Å². The molecule has 0 aromatic carbocycles. The van der Waals surface area contributed by atoms with E-state index in [4.69, 9.17) is 11.6 Å². The molecule has 1 amide bonds. The summed E-state index contributed by atoms with van der Waals surface area (Å²) in [4.78, 5) is 17.9. The minimum absolute atomic E-state index is 0.142. The van der Waals surface area contributed by atoms with Crippen molar-refractivity contribution in [3.05, 3.63) is 10.5 Å². The quantitative estimate of drug-likeness (QED) is 0.905. The van der Waals surface area contributed by atoms with Crippen molar-refractivity contribution in [3.8, 4) is 0 Å². The fourth-order valence-corrected chi connectivity index (χ4v) is 2.70. The predicted molar refractivity (Wildman–Crippen MR) is 66.0 cm³/mol. The van der Waals surface area contributed by atoms with Crippen LogP contribution in [0.25, 0.3) is 0 Å². The number of anilines is 1. The SMILES string of the molecule is CC(Nc1nc(Cl)cs1)C(=O)N1CCCC1. The van der Waals surface area contributed by atoms with Gasteiger partial charge in [0, 0.05) is 18.5 Å². The van der Waals surface area contributed by atoms with Gasteiger partial charge in [-0.15, -0.1) is 11.3 Å². The Morgan fingerprint density at radius 2 is 2.31 bits per heavy atom. The molecule has 1 aliphatic rings. The lowest BCUT2D eigenvalue weighted by Gasteiger charge is -2.20. The zero-order valence-corrected chi connectivity index (χ0v) is 10.6. The average Bonchev–Trinajstić information content (AvgIpc) is 2.88. The molecule has 1 aliphatic heterocycles. The third-order valence-electron chi connectivity index (χ3n) is 2.60. The second-order valence-corrected chi connectivity index (χ2v) is 5.12. The molecule has 2 heterocycles. The molecule has 2 rings (SSSR count). The third-order valence-corrected chi connectivity index (χ3v) is 3.70. The molecular formula is C10H14ClN3OS. The van der Waals surface area contributed by atoms with Crippen LogP contribution in [0, 0.1) is 0 Å². The lowest BCUT2D eigenvalue weighted by Crippen LogP contribution is -2.39. The summed E-state index contributed by atoms with van der Waals surface area (Å²) in [6.45, 7) is 3.61. The molecule has 4 nitrogen and oxygen atoms in total. The number of aromatic nitrogens is 1. The second-order valence-electron chi connectivity index (χ2n) is 3.87. The highest BCUT2D eigenvalue weighted by atomic mass is 35.5. The first kappa shape index (κ1) is 11.7. The number of thiazole rings is 1. The summed E-state index contributed by atoms with van der Waals surface area (Å²) in [5, 5.41) is 5.98. The molecular weight excluding hydrogens is 246 g/mol. The number of nitrogens with one attached hydrogen (secondary N) is 1. The van der Waals surface area contributed by atoms with Crippen LogP contribution in [0.2, 0.25) is 5.15 Å². The normalized spacial score (nSPS) is 17.5. The maximum absolute atomic E-state index is 12.0. The van der Waals surface area contributed by atoms with E-state index in [1.165, 1.54) is 11.3 Å². The van der Waals surface area contributed by atoms with Gasteiger partial charge >= 0.3 is 0 Å². The summed E-state index contributed by atoms with van der Waals surface area (Å²) in [7, 11) is 0. The van der Waals surface area contributed by atoms with E-state index in [1.54, 1.807) is 5.38 Å². The molecule has 0 saturated carbocycles. The van der Waals surface area contributed by atoms with Gasteiger partial charge in [-0.05, 0) is 19.8 Å². The van der Waals surface area contributed by atoms with Crippen LogP contribution < -0.4 is 5.32 Å². The second kappa shape index (κ2) is 5.01. The zero-order chi connectivity index (χ0) is 11.5. The van der Waals surface area contributed by atoms with Crippen molar-refractivity contribution in [1.29, 1.82) is 0 Å². The molecule has 1 unspecified atom stereocenters. The highest BCUT2D eigenvalue weighted by Gasteiger charge is 2.23. The number of carbonyl (C=O) groups is 1. The first-order chi connectivity index (χ1) is 7.66. The highest BCUT2D eigenvalue weighted by molar-refractivity contribution is 7.14. The van der Waals surface area contributed by atoms with Gasteiger partial charge in [-0.3, -0.25) is 4.79 Å². The predicted octanol–water partition coefficient (Wildman–Crippen LogP) is 2.22. The van der Waals surface area contributed by atoms with E-state index in [9.17, 15) is 4.79 Å². The van der Waals surface area contributed by atoms with Gasteiger partial charge in [0.05, 0.1) is 0 Å². The van der Waals surface area contributed by atoms with Gasteiger partial charge < -0.3 is 10.2 Å². The minimum atomic E-state index is -0.236. The Morgan fingerprint density at radius 1 is 1.62 bits per heavy atom. The Hall–Kier alpha value is -0.810. The molecule has 0 bridgehead atoms. The number of likely N-dealkylation sites (tertiary alicyclic amines) is 1. The van der Waals surface area contributed by atoms with Crippen LogP contribution in [0.3, 0.4) is 0 Å². The topological polar surface area (TPSA) is 45.2 Å². The van der Waals surface area contributed by atoms with Gasteiger partial charge in [0.15, 0.2) is 5.13 Å². The molecule has 1 aromatic heterocycles. The molecule has 1 saturated heterocycles. The van der Waals surface area contributed by atoms with Crippen molar-refractivity contribution in [2.24, 2.45) is 0 Å². The molecule has 0 radical (unpaired) electrons. The fraction of sp³-hybridized carbons (Fsp3) is 0.600. The van der Waals surface area contributed by atoms with Crippen molar-refractivity contribution >= 4 is 34.0 Å². The Balaban J connectivity index is 1.91.